The number of nitrogens with one attached hydrogen (secondary N) is 1. The molecule has 0 saturated heterocycles. The molecule has 0 fully saturated rings. The number of hydrogen-bond donors (Lipinski definition) is 1. The number of anilines is 1. The summed E-state index contributed by atoms with van der Waals surface area (Å²) in [5.74, 6) is -0.0733. The molecular weight excluding hydrogens is 360 g/mol. The number of carbonyl (C=O) groups is 1. The van der Waals surface area contributed by atoms with Crippen LogP contribution in [0.15, 0.2) is 71.4 Å². The van der Waals surface area contributed by atoms with Crippen LogP contribution in [0, 0.1) is 6.92 Å². The third kappa shape index (κ3) is 3.59. The van der Waals surface area contributed by atoms with Crippen molar-refractivity contribution in [2.75, 3.05) is 5.32 Å². The molecule has 2 aromatic carbocycles. The standard InChI is InChI=1S/C21H16N2OS2/c1-14-11-19(25-12-14)20(24)22-17-9-7-15(8-10-17)18-13-26-21(23-18)16-5-3-2-4-6-16/h2-13H,1H3,(H,22,24). The minimum atomic E-state index is -0.0733. The molecule has 0 aliphatic carbocycles. The molecule has 0 atom stereocenters. The summed E-state index contributed by atoms with van der Waals surface area (Å²) >= 11 is 3.09. The van der Waals surface area contributed by atoms with Gasteiger partial charge in [0.25, 0.3) is 5.91 Å². The first-order chi connectivity index (χ1) is 12.7. The average Bonchev–Trinajstić information content (AvgIpc) is 3.32. The van der Waals surface area contributed by atoms with Crippen LogP contribution in [0.25, 0.3) is 21.8 Å². The quantitative estimate of drug-likeness (QED) is 0.467. The lowest BCUT2D eigenvalue weighted by Crippen LogP contribution is -2.09. The molecule has 128 valence electrons. The number of amides is 1. The third-order valence-electron chi connectivity index (χ3n) is 3.92. The van der Waals surface area contributed by atoms with Crippen molar-refractivity contribution in [2.24, 2.45) is 0 Å². The number of carbonyl (C=O) groups excluding carboxylic acids is 1. The highest BCUT2D eigenvalue weighted by Crippen LogP contribution is 2.29. The Kier molecular flexibility index (Phi) is 4.65. The van der Waals surface area contributed by atoms with E-state index in [4.69, 9.17) is 4.98 Å². The summed E-state index contributed by atoms with van der Waals surface area (Å²) in [6.45, 7) is 1.99. The van der Waals surface area contributed by atoms with Crippen LogP contribution in [0.4, 0.5) is 5.69 Å². The normalized spacial score (nSPS) is 10.7. The van der Waals surface area contributed by atoms with Gasteiger partial charge in [0, 0.05) is 22.2 Å². The number of nitrogens with zero attached hydrogens (tertiary/aromatic N) is 1. The molecule has 0 unspecified atom stereocenters. The number of aromatic nitrogens is 1. The van der Waals surface area contributed by atoms with Crippen LogP contribution in [0.5, 0.6) is 0 Å². The van der Waals surface area contributed by atoms with E-state index >= 15 is 0 Å². The molecule has 0 aliphatic rings. The highest BCUT2D eigenvalue weighted by Gasteiger charge is 2.10. The molecule has 4 aromatic rings. The summed E-state index contributed by atoms with van der Waals surface area (Å²) in [5.41, 5.74) is 4.99. The predicted octanol–water partition coefficient (Wildman–Crippen LogP) is 6.10. The molecule has 4 rings (SSSR count). The van der Waals surface area contributed by atoms with Crippen molar-refractivity contribution in [3.05, 3.63) is 81.9 Å². The van der Waals surface area contributed by atoms with Crippen molar-refractivity contribution >= 4 is 34.3 Å². The number of rotatable bonds is 4. The van der Waals surface area contributed by atoms with E-state index in [0.29, 0.717) is 0 Å². The average molecular weight is 377 g/mol. The molecule has 5 heteroatoms. The lowest BCUT2D eigenvalue weighted by Gasteiger charge is -2.04. The number of hydrogen-bond acceptors (Lipinski definition) is 4. The van der Waals surface area contributed by atoms with Crippen LogP contribution in [-0.4, -0.2) is 10.9 Å². The first-order valence-electron chi connectivity index (χ1n) is 8.17. The molecule has 0 bridgehead atoms. The summed E-state index contributed by atoms with van der Waals surface area (Å²) in [6.07, 6.45) is 0. The Balaban J connectivity index is 1.49. The fourth-order valence-corrected chi connectivity index (χ4v) is 4.22. The number of aryl methyl sites for hydroxylation is 1. The van der Waals surface area contributed by atoms with Gasteiger partial charge < -0.3 is 5.32 Å². The summed E-state index contributed by atoms with van der Waals surface area (Å²) in [6, 6.07) is 19.9. The van der Waals surface area contributed by atoms with E-state index < -0.39 is 0 Å². The zero-order valence-corrected chi connectivity index (χ0v) is 15.7. The lowest BCUT2D eigenvalue weighted by molar-refractivity contribution is 0.103. The second kappa shape index (κ2) is 7.23. The van der Waals surface area contributed by atoms with Gasteiger partial charge in [0.2, 0.25) is 0 Å². The zero-order chi connectivity index (χ0) is 17.9. The van der Waals surface area contributed by atoms with Crippen LogP contribution >= 0.6 is 22.7 Å². The van der Waals surface area contributed by atoms with Gasteiger partial charge in [-0.05, 0) is 36.1 Å². The van der Waals surface area contributed by atoms with Crippen LogP contribution in [0.1, 0.15) is 15.2 Å². The monoisotopic (exact) mass is 376 g/mol. The van der Waals surface area contributed by atoms with Gasteiger partial charge in [0.15, 0.2) is 0 Å². The lowest BCUT2D eigenvalue weighted by atomic mass is 10.1. The third-order valence-corrected chi connectivity index (χ3v) is 5.86. The Hall–Kier alpha value is -2.76. The largest absolute Gasteiger partial charge is 0.321 e. The maximum atomic E-state index is 12.2. The molecular formula is C21H16N2OS2. The second-order valence-electron chi connectivity index (χ2n) is 5.92. The van der Waals surface area contributed by atoms with Crippen molar-refractivity contribution in [3.8, 4) is 21.8 Å². The number of thiophene rings is 1. The van der Waals surface area contributed by atoms with Gasteiger partial charge >= 0.3 is 0 Å². The fraction of sp³-hybridized carbons (Fsp3) is 0.0476. The molecule has 2 aromatic heterocycles. The number of benzene rings is 2. The molecule has 26 heavy (non-hydrogen) atoms. The first kappa shape index (κ1) is 16.7. The zero-order valence-electron chi connectivity index (χ0n) is 14.1. The van der Waals surface area contributed by atoms with Gasteiger partial charge in [-0.15, -0.1) is 22.7 Å². The van der Waals surface area contributed by atoms with Gasteiger partial charge in [0.1, 0.15) is 5.01 Å². The van der Waals surface area contributed by atoms with Gasteiger partial charge in [-0.25, -0.2) is 4.98 Å². The molecule has 3 nitrogen and oxygen atoms in total. The Morgan fingerprint density at radius 1 is 0.923 bits per heavy atom. The Morgan fingerprint density at radius 2 is 1.69 bits per heavy atom. The van der Waals surface area contributed by atoms with Gasteiger partial charge in [-0.3, -0.25) is 4.79 Å². The maximum absolute atomic E-state index is 12.2. The van der Waals surface area contributed by atoms with E-state index in [9.17, 15) is 4.79 Å². The highest BCUT2D eigenvalue weighted by molar-refractivity contribution is 7.13. The van der Waals surface area contributed by atoms with Gasteiger partial charge in [0.05, 0.1) is 10.6 Å². The second-order valence-corrected chi connectivity index (χ2v) is 7.69. The maximum Gasteiger partial charge on any atom is 0.265 e. The summed E-state index contributed by atoms with van der Waals surface area (Å²) < 4.78 is 0. The fourth-order valence-electron chi connectivity index (χ4n) is 2.59. The SMILES string of the molecule is Cc1csc(C(=O)Nc2ccc(-c3csc(-c4ccccc4)n3)cc2)c1. The van der Waals surface area contributed by atoms with Crippen molar-refractivity contribution in [3.63, 3.8) is 0 Å². The van der Waals surface area contributed by atoms with Gasteiger partial charge in [-0.1, -0.05) is 42.5 Å². The molecule has 0 spiro atoms. The van der Waals surface area contributed by atoms with E-state index in [2.05, 4.69) is 22.8 Å². The van der Waals surface area contributed by atoms with E-state index in [1.165, 1.54) is 11.3 Å². The Bertz CT molecular complexity index is 1030. The highest BCUT2D eigenvalue weighted by atomic mass is 32.1. The molecule has 0 aliphatic heterocycles. The van der Waals surface area contributed by atoms with Crippen molar-refractivity contribution < 1.29 is 4.79 Å². The van der Waals surface area contributed by atoms with Crippen molar-refractivity contribution in [2.45, 2.75) is 6.92 Å². The minimum absolute atomic E-state index is 0.0733. The van der Waals surface area contributed by atoms with Gasteiger partial charge in [-0.2, -0.15) is 0 Å². The van der Waals surface area contributed by atoms with Crippen LogP contribution in [0.3, 0.4) is 0 Å². The van der Waals surface area contributed by atoms with E-state index in [1.807, 2.05) is 60.8 Å². The topological polar surface area (TPSA) is 42.0 Å². The van der Waals surface area contributed by atoms with Crippen LogP contribution in [-0.2, 0) is 0 Å². The van der Waals surface area contributed by atoms with Crippen molar-refractivity contribution in [1.82, 2.24) is 4.98 Å². The predicted molar refractivity (Wildman–Crippen MR) is 110 cm³/mol. The smallest absolute Gasteiger partial charge is 0.265 e. The Morgan fingerprint density at radius 3 is 2.38 bits per heavy atom. The van der Waals surface area contributed by atoms with E-state index in [0.717, 1.165) is 38.0 Å². The summed E-state index contributed by atoms with van der Waals surface area (Å²) in [5, 5.41) is 7.98. The molecule has 0 radical (unpaired) electrons. The Labute approximate surface area is 160 Å². The molecule has 0 saturated carbocycles. The summed E-state index contributed by atoms with van der Waals surface area (Å²) in [7, 11) is 0. The summed E-state index contributed by atoms with van der Waals surface area (Å²) in [4.78, 5) is 17.7. The van der Waals surface area contributed by atoms with Crippen LogP contribution < -0.4 is 5.32 Å². The van der Waals surface area contributed by atoms with E-state index in [-0.39, 0.29) is 5.91 Å². The van der Waals surface area contributed by atoms with Crippen LogP contribution in [0.2, 0.25) is 0 Å². The molecule has 1 N–H and O–H groups in total. The van der Waals surface area contributed by atoms with Crippen molar-refractivity contribution in [1.29, 1.82) is 0 Å². The molecule has 1 amide bonds. The number of thiazole rings is 1. The molecule has 2 heterocycles. The minimum Gasteiger partial charge on any atom is -0.321 e. The van der Waals surface area contributed by atoms with E-state index in [1.54, 1.807) is 11.3 Å². The first-order valence-corrected chi connectivity index (χ1v) is 9.93.